The standard InChI is InChI=1S/C14H21Cl2NO2/c1-14(2,3)17-9-10-7-11(15)8-12(16)13(10)19-6-5-18-4/h7-8,17H,5-6,9H2,1-4H3. The van der Waals surface area contributed by atoms with Crippen molar-refractivity contribution < 1.29 is 9.47 Å². The molecule has 0 bridgehead atoms. The summed E-state index contributed by atoms with van der Waals surface area (Å²) in [4.78, 5) is 0. The van der Waals surface area contributed by atoms with Gasteiger partial charge in [0.05, 0.1) is 11.6 Å². The van der Waals surface area contributed by atoms with Crippen LogP contribution in [0.25, 0.3) is 0 Å². The van der Waals surface area contributed by atoms with Gasteiger partial charge in [-0.1, -0.05) is 23.2 Å². The summed E-state index contributed by atoms with van der Waals surface area (Å²) in [5.74, 6) is 0.667. The highest BCUT2D eigenvalue weighted by molar-refractivity contribution is 6.35. The molecular formula is C14H21Cl2NO2. The van der Waals surface area contributed by atoms with Crippen molar-refractivity contribution in [2.45, 2.75) is 32.9 Å². The largest absolute Gasteiger partial charge is 0.489 e. The van der Waals surface area contributed by atoms with Crippen LogP contribution < -0.4 is 10.1 Å². The van der Waals surface area contributed by atoms with E-state index in [1.807, 2.05) is 6.07 Å². The Balaban J connectivity index is 2.86. The molecule has 1 N–H and O–H groups in total. The number of hydrogen-bond donors (Lipinski definition) is 1. The summed E-state index contributed by atoms with van der Waals surface area (Å²) in [6.07, 6.45) is 0. The highest BCUT2D eigenvalue weighted by Gasteiger charge is 2.14. The van der Waals surface area contributed by atoms with E-state index in [1.54, 1.807) is 13.2 Å². The Bertz CT molecular complexity index is 417. The van der Waals surface area contributed by atoms with Gasteiger partial charge in [0.25, 0.3) is 0 Å². The molecule has 0 saturated heterocycles. The SMILES string of the molecule is COCCOc1c(Cl)cc(Cl)cc1CNC(C)(C)C. The average molecular weight is 306 g/mol. The average Bonchev–Trinajstić information content (AvgIpc) is 2.28. The highest BCUT2D eigenvalue weighted by atomic mass is 35.5. The van der Waals surface area contributed by atoms with Crippen molar-refractivity contribution in [1.29, 1.82) is 0 Å². The molecule has 0 aliphatic carbocycles. The van der Waals surface area contributed by atoms with Crippen LogP contribution in [0, 0.1) is 0 Å². The molecule has 19 heavy (non-hydrogen) atoms. The third kappa shape index (κ3) is 6.00. The van der Waals surface area contributed by atoms with Crippen molar-refractivity contribution in [3.63, 3.8) is 0 Å². The predicted molar refractivity (Wildman–Crippen MR) is 80.4 cm³/mol. The smallest absolute Gasteiger partial charge is 0.142 e. The van der Waals surface area contributed by atoms with Gasteiger partial charge in [-0.2, -0.15) is 0 Å². The second kappa shape index (κ2) is 7.34. The van der Waals surface area contributed by atoms with Crippen molar-refractivity contribution in [3.05, 3.63) is 27.7 Å². The lowest BCUT2D eigenvalue weighted by Crippen LogP contribution is -2.35. The molecule has 0 radical (unpaired) electrons. The lowest BCUT2D eigenvalue weighted by atomic mass is 10.1. The van der Waals surface area contributed by atoms with Crippen LogP contribution in [0.3, 0.4) is 0 Å². The molecule has 0 aliphatic heterocycles. The number of hydrogen-bond acceptors (Lipinski definition) is 3. The molecule has 0 amide bonds. The molecular weight excluding hydrogens is 285 g/mol. The number of halogens is 2. The van der Waals surface area contributed by atoms with E-state index in [4.69, 9.17) is 32.7 Å². The molecule has 1 aromatic carbocycles. The summed E-state index contributed by atoms with van der Waals surface area (Å²) in [7, 11) is 1.63. The van der Waals surface area contributed by atoms with E-state index in [0.29, 0.717) is 35.6 Å². The van der Waals surface area contributed by atoms with Crippen LogP contribution in [-0.4, -0.2) is 25.9 Å². The predicted octanol–water partition coefficient (Wildman–Crippen LogP) is 3.91. The second-order valence-electron chi connectivity index (χ2n) is 5.32. The fourth-order valence-electron chi connectivity index (χ4n) is 1.49. The van der Waals surface area contributed by atoms with Gasteiger partial charge < -0.3 is 14.8 Å². The lowest BCUT2D eigenvalue weighted by molar-refractivity contribution is 0.145. The number of methoxy groups -OCH3 is 1. The van der Waals surface area contributed by atoms with E-state index in [1.165, 1.54) is 0 Å². The Morgan fingerprint density at radius 2 is 1.84 bits per heavy atom. The van der Waals surface area contributed by atoms with Crippen LogP contribution in [-0.2, 0) is 11.3 Å². The molecule has 1 aromatic rings. The Kier molecular flexibility index (Phi) is 6.40. The van der Waals surface area contributed by atoms with Crippen LogP contribution in [0.4, 0.5) is 0 Å². The van der Waals surface area contributed by atoms with E-state index >= 15 is 0 Å². The first-order valence-electron chi connectivity index (χ1n) is 6.18. The Morgan fingerprint density at radius 3 is 2.42 bits per heavy atom. The minimum absolute atomic E-state index is 0.0125. The van der Waals surface area contributed by atoms with Crippen LogP contribution in [0.2, 0.25) is 10.0 Å². The summed E-state index contributed by atoms with van der Waals surface area (Å²) in [6.45, 7) is 7.93. The molecule has 0 unspecified atom stereocenters. The molecule has 0 heterocycles. The van der Waals surface area contributed by atoms with Gasteiger partial charge in [0.2, 0.25) is 0 Å². The zero-order chi connectivity index (χ0) is 14.5. The molecule has 0 atom stereocenters. The van der Waals surface area contributed by atoms with Crippen molar-refractivity contribution >= 4 is 23.2 Å². The van der Waals surface area contributed by atoms with Gasteiger partial charge in [0.1, 0.15) is 12.4 Å². The van der Waals surface area contributed by atoms with E-state index in [-0.39, 0.29) is 5.54 Å². The monoisotopic (exact) mass is 305 g/mol. The molecule has 0 saturated carbocycles. The van der Waals surface area contributed by atoms with Crippen molar-refractivity contribution in [3.8, 4) is 5.75 Å². The molecule has 0 aliphatic rings. The van der Waals surface area contributed by atoms with E-state index in [0.717, 1.165) is 5.56 Å². The first-order chi connectivity index (χ1) is 8.83. The fourth-order valence-corrected chi connectivity index (χ4v) is 2.08. The summed E-state index contributed by atoms with van der Waals surface area (Å²) in [5.41, 5.74) is 0.960. The topological polar surface area (TPSA) is 30.5 Å². The number of benzene rings is 1. The highest BCUT2D eigenvalue weighted by Crippen LogP contribution is 2.32. The Labute approximate surface area is 125 Å². The van der Waals surface area contributed by atoms with Crippen LogP contribution >= 0.6 is 23.2 Å². The third-order valence-electron chi connectivity index (χ3n) is 2.43. The number of rotatable bonds is 6. The van der Waals surface area contributed by atoms with Crippen molar-refractivity contribution in [2.24, 2.45) is 0 Å². The van der Waals surface area contributed by atoms with Gasteiger partial charge in [0, 0.05) is 29.8 Å². The van der Waals surface area contributed by atoms with Crippen LogP contribution in [0.1, 0.15) is 26.3 Å². The first kappa shape index (κ1) is 16.6. The first-order valence-corrected chi connectivity index (χ1v) is 6.94. The van der Waals surface area contributed by atoms with Gasteiger partial charge in [-0.3, -0.25) is 0 Å². The molecule has 0 spiro atoms. The van der Waals surface area contributed by atoms with Gasteiger partial charge >= 0.3 is 0 Å². The molecule has 0 fully saturated rings. The summed E-state index contributed by atoms with van der Waals surface area (Å²) < 4.78 is 10.6. The molecule has 5 heteroatoms. The minimum Gasteiger partial charge on any atom is -0.489 e. The van der Waals surface area contributed by atoms with E-state index in [2.05, 4.69) is 26.1 Å². The zero-order valence-corrected chi connectivity index (χ0v) is 13.4. The lowest BCUT2D eigenvalue weighted by Gasteiger charge is -2.22. The maximum absolute atomic E-state index is 6.19. The van der Waals surface area contributed by atoms with Crippen LogP contribution in [0.5, 0.6) is 5.75 Å². The number of nitrogens with one attached hydrogen (secondary N) is 1. The van der Waals surface area contributed by atoms with E-state index < -0.39 is 0 Å². The minimum atomic E-state index is 0.0125. The molecule has 0 aromatic heterocycles. The van der Waals surface area contributed by atoms with E-state index in [9.17, 15) is 0 Å². The van der Waals surface area contributed by atoms with Crippen LogP contribution in [0.15, 0.2) is 12.1 Å². The zero-order valence-electron chi connectivity index (χ0n) is 11.8. The molecule has 1 rings (SSSR count). The third-order valence-corrected chi connectivity index (χ3v) is 2.93. The Morgan fingerprint density at radius 1 is 1.16 bits per heavy atom. The van der Waals surface area contributed by atoms with Gasteiger partial charge in [-0.25, -0.2) is 0 Å². The van der Waals surface area contributed by atoms with Gasteiger partial charge in [0.15, 0.2) is 0 Å². The summed E-state index contributed by atoms with van der Waals surface area (Å²) >= 11 is 12.2. The maximum atomic E-state index is 6.19. The molecule has 3 nitrogen and oxygen atoms in total. The van der Waals surface area contributed by atoms with Gasteiger partial charge in [-0.15, -0.1) is 0 Å². The van der Waals surface area contributed by atoms with Crippen molar-refractivity contribution in [1.82, 2.24) is 5.32 Å². The summed E-state index contributed by atoms with van der Waals surface area (Å²) in [6, 6.07) is 3.56. The quantitative estimate of drug-likeness (QED) is 0.808. The fraction of sp³-hybridized carbons (Fsp3) is 0.571. The van der Waals surface area contributed by atoms with Crippen molar-refractivity contribution in [2.75, 3.05) is 20.3 Å². The normalized spacial score (nSPS) is 11.7. The maximum Gasteiger partial charge on any atom is 0.142 e. The number of ether oxygens (including phenoxy) is 2. The molecule has 108 valence electrons. The summed E-state index contributed by atoms with van der Waals surface area (Å²) in [5, 5.41) is 4.52. The van der Waals surface area contributed by atoms with Gasteiger partial charge in [-0.05, 0) is 32.9 Å². The second-order valence-corrected chi connectivity index (χ2v) is 6.16. The Hall–Kier alpha value is -0.480.